The highest BCUT2D eigenvalue weighted by Crippen LogP contribution is 2.40. The number of aryl methyl sites for hydroxylation is 1. The van der Waals surface area contributed by atoms with E-state index in [1.807, 2.05) is 13.0 Å². The van der Waals surface area contributed by atoms with Crippen LogP contribution in [0.2, 0.25) is 0 Å². The molecule has 1 saturated carbocycles. The second-order valence-electron chi connectivity index (χ2n) is 5.86. The maximum absolute atomic E-state index is 5.93. The molecule has 1 aliphatic rings. The number of hydrogen-bond acceptors (Lipinski definition) is 4. The van der Waals surface area contributed by atoms with E-state index in [1.165, 1.54) is 5.56 Å². The normalized spacial score (nSPS) is 24.7. The molecule has 0 aliphatic heterocycles. The molecule has 1 heterocycles. The number of fused-ring (bicyclic) bond motifs is 1. The Bertz CT molecular complexity index is 584. The number of benzene rings is 1. The summed E-state index contributed by atoms with van der Waals surface area (Å²) in [7, 11) is 4.26. The Morgan fingerprint density at radius 3 is 2.74 bits per heavy atom. The number of nitrogens with two attached hydrogens (primary N) is 1. The van der Waals surface area contributed by atoms with Crippen molar-refractivity contribution in [3.05, 3.63) is 29.7 Å². The molecule has 1 aromatic heterocycles. The fourth-order valence-electron chi connectivity index (χ4n) is 3.20. The van der Waals surface area contributed by atoms with Gasteiger partial charge in [0.1, 0.15) is 5.52 Å². The maximum atomic E-state index is 5.93. The van der Waals surface area contributed by atoms with E-state index >= 15 is 0 Å². The van der Waals surface area contributed by atoms with Gasteiger partial charge in [0.05, 0.1) is 0 Å². The Labute approximate surface area is 113 Å². The van der Waals surface area contributed by atoms with E-state index in [1.54, 1.807) is 0 Å². The van der Waals surface area contributed by atoms with Gasteiger partial charge in [-0.05, 0) is 50.6 Å². The number of hydrogen-bond donors (Lipinski definition) is 1. The molecule has 1 aliphatic carbocycles. The summed E-state index contributed by atoms with van der Waals surface area (Å²) in [4.78, 5) is 6.71. The van der Waals surface area contributed by atoms with Gasteiger partial charge < -0.3 is 15.1 Å². The lowest BCUT2D eigenvalue weighted by Gasteiger charge is -2.41. The summed E-state index contributed by atoms with van der Waals surface area (Å²) in [5.41, 5.74) is 9.06. The van der Waals surface area contributed by atoms with Gasteiger partial charge in [-0.3, -0.25) is 0 Å². The molecule has 4 heteroatoms. The molecule has 1 unspecified atom stereocenters. The van der Waals surface area contributed by atoms with E-state index in [0.29, 0.717) is 18.0 Å². The van der Waals surface area contributed by atoms with Gasteiger partial charge >= 0.3 is 0 Å². The summed E-state index contributed by atoms with van der Waals surface area (Å²) < 4.78 is 5.54. The van der Waals surface area contributed by atoms with Crippen LogP contribution in [-0.2, 0) is 0 Å². The van der Waals surface area contributed by atoms with Crippen LogP contribution in [0.25, 0.3) is 11.1 Å². The third-order valence-electron chi connectivity index (χ3n) is 4.07. The molecule has 0 amide bonds. The molecule has 3 rings (SSSR count). The zero-order valence-corrected chi connectivity index (χ0v) is 11.8. The number of aromatic nitrogens is 1. The minimum atomic E-state index is 0.380. The topological polar surface area (TPSA) is 55.3 Å². The first-order chi connectivity index (χ1) is 9.04. The van der Waals surface area contributed by atoms with Gasteiger partial charge in [-0.15, -0.1) is 0 Å². The molecule has 1 aromatic carbocycles. The fraction of sp³-hybridized carbons (Fsp3) is 0.533. The summed E-state index contributed by atoms with van der Waals surface area (Å²) in [6.07, 6.45) is 2.22. The zero-order valence-electron chi connectivity index (χ0n) is 11.8. The van der Waals surface area contributed by atoms with Gasteiger partial charge in [0.2, 0.25) is 0 Å². The largest absolute Gasteiger partial charge is 0.441 e. The second kappa shape index (κ2) is 4.62. The SMILES string of the molecule is Cc1nc2cc(C(C3CC(N)C3)N(C)C)ccc2o1. The summed E-state index contributed by atoms with van der Waals surface area (Å²) in [5.74, 6) is 1.37. The van der Waals surface area contributed by atoms with E-state index in [2.05, 4.69) is 36.1 Å². The van der Waals surface area contributed by atoms with Crippen molar-refractivity contribution in [3.8, 4) is 0 Å². The zero-order chi connectivity index (χ0) is 13.6. The fourth-order valence-corrected chi connectivity index (χ4v) is 3.20. The summed E-state index contributed by atoms with van der Waals surface area (Å²) in [6.45, 7) is 1.88. The van der Waals surface area contributed by atoms with E-state index in [0.717, 1.165) is 29.8 Å². The van der Waals surface area contributed by atoms with Gasteiger partial charge in [0.25, 0.3) is 0 Å². The number of rotatable bonds is 3. The number of nitrogens with zero attached hydrogens (tertiary/aromatic N) is 2. The minimum Gasteiger partial charge on any atom is -0.441 e. The minimum absolute atomic E-state index is 0.380. The lowest BCUT2D eigenvalue weighted by molar-refractivity contribution is 0.123. The van der Waals surface area contributed by atoms with Gasteiger partial charge in [-0.1, -0.05) is 6.07 Å². The van der Waals surface area contributed by atoms with Gasteiger partial charge in [-0.2, -0.15) is 0 Å². The number of oxazole rings is 1. The Morgan fingerprint density at radius 2 is 2.11 bits per heavy atom. The van der Waals surface area contributed by atoms with Crippen molar-refractivity contribution in [1.82, 2.24) is 9.88 Å². The smallest absolute Gasteiger partial charge is 0.192 e. The predicted molar refractivity (Wildman–Crippen MR) is 75.9 cm³/mol. The highest BCUT2D eigenvalue weighted by Gasteiger charge is 2.35. The highest BCUT2D eigenvalue weighted by molar-refractivity contribution is 5.73. The van der Waals surface area contributed by atoms with Crippen molar-refractivity contribution in [3.63, 3.8) is 0 Å². The van der Waals surface area contributed by atoms with E-state index in [9.17, 15) is 0 Å². The highest BCUT2D eigenvalue weighted by atomic mass is 16.3. The predicted octanol–water partition coefficient (Wildman–Crippen LogP) is 2.48. The molecule has 0 saturated heterocycles. The van der Waals surface area contributed by atoms with Crippen LogP contribution in [0.4, 0.5) is 0 Å². The summed E-state index contributed by atoms with van der Waals surface area (Å²) >= 11 is 0. The van der Waals surface area contributed by atoms with Crippen molar-refractivity contribution < 1.29 is 4.42 Å². The van der Waals surface area contributed by atoms with Crippen LogP contribution in [0, 0.1) is 12.8 Å². The first-order valence-electron chi connectivity index (χ1n) is 6.83. The van der Waals surface area contributed by atoms with Crippen LogP contribution >= 0.6 is 0 Å². The molecule has 2 aromatic rings. The van der Waals surface area contributed by atoms with Crippen LogP contribution in [0.15, 0.2) is 22.6 Å². The Morgan fingerprint density at radius 1 is 1.37 bits per heavy atom. The average molecular weight is 259 g/mol. The van der Waals surface area contributed by atoms with Gasteiger partial charge in [-0.25, -0.2) is 4.98 Å². The lowest BCUT2D eigenvalue weighted by Crippen LogP contribution is -2.43. The summed E-state index contributed by atoms with van der Waals surface area (Å²) in [6, 6.07) is 7.13. The van der Waals surface area contributed by atoms with Crippen LogP contribution in [-0.4, -0.2) is 30.0 Å². The van der Waals surface area contributed by atoms with E-state index in [-0.39, 0.29) is 0 Å². The molecule has 2 N–H and O–H groups in total. The third-order valence-corrected chi connectivity index (χ3v) is 4.07. The Balaban J connectivity index is 1.95. The van der Waals surface area contributed by atoms with Gasteiger partial charge in [0, 0.05) is 19.0 Å². The average Bonchev–Trinajstić information content (AvgIpc) is 2.66. The second-order valence-corrected chi connectivity index (χ2v) is 5.86. The summed E-state index contributed by atoms with van der Waals surface area (Å²) in [5, 5.41) is 0. The third kappa shape index (κ3) is 2.26. The maximum Gasteiger partial charge on any atom is 0.192 e. The first kappa shape index (κ1) is 12.6. The lowest BCUT2D eigenvalue weighted by atomic mass is 9.73. The van der Waals surface area contributed by atoms with Crippen LogP contribution in [0.3, 0.4) is 0 Å². The van der Waals surface area contributed by atoms with Crippen LogP contribution < -0.4 is 5.73 Å². The van der Waals surface area contributed by atoms with Crippen LogP contribution in [0.5, 0.6) is 0 Å². The molecule has 1 atom stereocenters. The molecule has 0 spiro atoms. The molecular weight excluding hydrogens is 238 g/mol. The van der Waals surface area contributed by atoms with Crippen LogP contribution in [0.1, 0.15) is 30.3 Å². The van der Waals surface area contributed by atoms with Crippen molar-refractivity contribution in [1.29, 1.82) is 0 Å². The first-order valence-corrected chi connectivity index (χ1v) is 6.83. The van der Waals surface area contributed by atoms with Gasteiger partial charge in [0.15, 0.2) is 11.5 Å². The van der Waals surface area contributed by atoms with E-state index in [4.69, 9.17) is 10.2 Å². The molecule has 1 fully saturated rings. The molecule has 102 valence electrons. The standard InChI is InChI=1S/C15H21N3O/c1-9-17-13-8-10(4-5-14(13)19-9)15(18(2)3)11-6-12(16)7-11/h4-5,8,11-12,15H,6-7,16H2,1-3H3. The monoisotopic (exact) mass is 259 g/mol. The Hall–Kier alpha value is -1.39. The van der Waals surface area contributed by atoms with Crippen molar-refractivity contribution in [2.45, 2.75) is 31.8 Å². The quantitative estimate of drug-likeness (QED) is 0.920. The van der Waals surface area contributed by atoms with Crippen molar-refractivity contribution >= 4 is 11.1 Å². The molecule has 4 nitrogen and oxygen atoms in total. The Kier molecular flexibility index (Phi) is 3.07. The van der Waals surface area contributed by atoms with Crippen molar-refractivity contribution in [2.24, 2.45) is 11.7 Å². The van der Waals surface area contributed by atoms with Crippen molar-refractivity contribution in [2.75, 3.05) is 14.1 Å². The molecule has 19 heavy (non-hydrogen) atoms. The molecule has 0 radical (unpaired) electrons. The molecule has 0 bridgehead atoms. The van der Waals surface area contributed by atoms with E-state index < -0.39 is 0 Å². The molecular formula is C15H21N3O.